The molecule has 0 bridgehead atoms. The van der Waals surface area contributed by atoms with Gasteiger partial charge in [-0.15, -0.1) is 0 Å². The van der Waals surface area contributed by atoms with Crippen LogP contribution in [0, 0.1) is 28.6 Å². The maximum absolute atomic E-state index is 12.9. The minimum Gasteiger partial charge on any atom is -0.462 e. The molecule has 228 valence electrons. The van der Waals surface area contributed by atoms with Crippen molar-refractivity contribution >= 4 is 11.8 Å². The lowest BCUT2D eigenvalue weighted by Gasteiger charge is -2.57. The highest BCUT2D eigenvalue weighted by Gasteiger charge is 2.60. The molecule has 0 unspecified atom stereocenters. The third-order valence-electron chi connectivity index (χ3n) is 11.4. The predicted molar refractivity (Wildman–Crippen MR) is 170 cm³/mol. The van der Waals surface area contributed by atoms with Crippen LogP contribution in [0.3, 0.4) is 0 Å². The molecular formula is C38H58O3. The Balaban J connectivity index is 1.12. The number of ketones is 1. The van der Waals surface area contributed by atoms with Crippen molar-refractivity contribution in [2.45, 2.75) is 149 Å². The van der Waals surface area contributed by atoms with E-state index in [2.05, 4.69) is 45.6 Å². The Morgan fingerprint density at radius 1 is 0.927 bits per heavy atom. The smallest absolute Gasteiger partial charge is 0.306 e. The van der Waals surface area contributed by atoms with Crippen LogP contribution in [-0.2, 0) is 14.3 Å². The van der Waals surface area contributed by atoms with Crippen molar-refractivity contribution in [3.8, 4) is 0 Å². The number of hydrogen-bond acceptors (Lipinski definition) is 3. The van der Waals surface area contributed by atoms with E-state index in [0.29, 0.717) is 24.2 Å². The predicted octanol–water partition coefficient (Wildman–Crippen LogP) is 10.4. The van der Waals surface area contributed by atoms with Crippen molar-refractivity contribution in [3.63, 3.8) is 0 Å². The van der Waals surface area contributed by atoms with Crippen LogP contribution >= 0.6 is 0 Å². The molecule has 6 atom stereocenters. The lowest BCUT2D eigenvalue weighted by Crippen LogP contribution is -2.51. The van der Waals surface area contributed by atoms with Gasteiger partial charge in [-0.1, -0.05) is 103 Å². The molecule has 3 heteroatoms. The van der Waals surface area contributed by atoms with E-state index in [1.165, 1.54) is 70.6 Å². The average molecular weight is 563 g/mol. The molecule has 4 aliphatic carbocycles. The summed E-state index contributed by atoms with van der Waals surface area (Å²) in [4.78, 5) is 25.0. The van der Waals surface area contributed by atoms with Gasteiger partial charge in [-0.2, -0.15) is 0 Å². The Labute approximate surface area is 251 Å². The van der Waals surface area contributed by atoms with Crippen LogP contribution < -0.4 is 0 Å². The fraction of sp³-hybridized carbons (Fsp3) is 0.737. The zero-order valence-electron chi connectivity index (χ0n) is 26.6. The first-order chi connectivity index (χ1) is 19.8. The Morgan fingerprint density at radius 2 is 1.59 bits per heavy atom. The highest BCUT2D eigenvalue weighted by Crippen LogP contribution is 2.65. The molecule has 0 spiro atoms. The Morgan fingerprint density at radius 3 is 2.29 bits per heavy atom. The fourth-order valence-corrected chi connectivity index (χ4v) is 8.91. The van der Waals surface area contributed by atoms with Crippen LogP contribution in [0.1, 0.15) is 143 Å². The summed E-state index contributed by atoms with van der Waals surface area (Å²) in [5.74, 6) is 1.75. The van der Waals surface area contributed by atoms with E-state index in [9.17, 15) is 9.59 Å². The number of carbonyl (C=O) groups excluding carboxylic acids is 2. The van der Waals surface area contributed by atoms with Crippen molar-refractivity contribution in [2.75, 3.05) is 0 Å². The summed E-state index contributed by atoms with van der Waals surface area (Å²) in [7, 11) is 0. The zero-order valence-corrected chi connectivity index (χ0v) is 26.6. The van der Waals surface area contributed by atoms with Gasteiger partial charge in [-0.25, -0.2) is 0 Å². The van der Waals surface area contributed by atoms with Crippen molar-refractivity contribution in [2.24, 2.45) is 28.6 Å². The molecule has 0 aromatic heterocycles. The van der Waals surface area contributed by atoms with Gasteiger partial charge in [0.2, 0.25) is 0 Å². The lowest BCUT2D eigenvalue weighted by molar-refractivity contribution is -0.159. The molecule has 0 amide bonds. The normalized spacial score (nSPS) is 32.5. The van der Waals surface area contributed by atoms with Gasteiger partial charge in [0, 0.05) is 17.3 Å². The molecule has 3 nitrogen and oxygen atoms in total. The van der Waals surface area contributed by atoms with Crippen LogP contribution in [0.5, 0.6) is 0 Å². The average Bonchev–Trinajstić information content (AvgIpc) is 3.28. The fourth-order valence-electron chi connectivity index (χ4n) is 8.91. The van der Waals surface area contributed by atoms with E-state index in [0.717, 1.165) is 56.1 Å². The molecule has 0 heterocycles. The summed E-state index contributed by atoms with van der Waals surface area (Å²) in [5.41, 5.74) is 2.27. The molecule has 0 saturated heterocycles. The summed E-state index contributed by atoms with van der Waals surface area (Å²) in [6, 6.07) is 0. The largest absolute Gasteiger partial charge is 0.462 e. The number of rotatable bonds is 16. The third kappa shape index (κ3) is 7.74. The summed E-state index contributed by atoms with van der Waals surface area (Å²) >= 11 is 0. The Kier molecular flexibility index (Phi) is 11.7. The van der Waals surface area contributed by atoms with Gasteiger partial charge in [0.05, 0.1) is 0 Å². The summed E-state index contributed by atoms with van der Waals surface area (Å²) in [5, 5.41) is 0. The highest BCUT2D eigenvalue weighted by atomic mass is 16.5. The van der Waals surface area contributed by atoms with E-state index in [4.69, 9.17) is 4.74 Å². The molecular weight excluding hydrogens is 504 g/mol. The first kappa shape index (κ1) is 32.0. The lowest BCUT2D eigenvalue weighted by atomic mass is 9.47. The molecule has 0 N–H and O–H groups in total. The number of carbonyl (C=O) groups is 2. The van der Waals surface area contributed by atoms with Gasteiger partial charge in [-0.05, 0) is 99.7 Å². The number of hydrogen-bond donors (Lipinski definition) is 0. The highest BCUT2D eigenvalue weighted by molar-refractivity contribution is 6.01. The molecule has 0 aromatic rings. The van der Waals surface area contributed by atoms with E-state index >= 15 is 0 Å². The van der Waals surface area contributed by atoms with Crippen molar-refractivity contribution in [3.05, 3.63) is 48.1 Å². The second kappa shape index (κ2) is 15.0. The van der Waals surface area contributed by atoms with Crippen molar-refractivity contribution < 1.29 is 14.3 Å². The van der Waals surface area contributed by atoms with E-state index in [1.54, 1.807) is 6.08 Å². The van der Waals surface area contributed by atoms with Gasteiger partial charge in [-0.3, -0.25) is 9.59 Å². The van der Waals surface area contributed by atoms with Gasteiger partial charge in [0.25, 0.3) is 0 Å². The van der Waals surface area contributed by atoms with Crippen molar-refractivity contribution in [1.82, 2.24) is 0 Å². The number of ether oxygens (including phenoxy) is 1. The van der Waals surface area contributed by atoms with Crippen LogP contribution in [0.2, 0.25) is 0 Å². The quantitative estimate of drug-likeness (QED) is 0.107. The molecule has 4 rings (SSSR count). The summed E-state index contributed by atoms with van der Waals surface area (Å²) in [6.45, 7) is 11.4. The first-order valence-electron chi connectivity index (χ1n) is 17.3. The maximum Gasteiger partial charge on any atom is 0.306 e. The van der Waals surface area contributed by atoms with Crippen LogP contribution in [0.4, 0.5) is 0 Å². The second-order valence-corrected chi connectivity index (χ2v) is 14.2. The molecule has 0 aromatic carbocycles. The van der Waals surface area contributed by atoms with Gasteiger partial charge >= 0.3 is 5.97 Å². The van der Waals surface area contributed by atoms with Gasteiger partial charge in [0.1, 0.15) is 6.10 Å². The maximum atomic E-state index is 12.9. The van der Waals surface area contributed by atoms with Gasteiger partial charge in [0.15, 0.2) is 5.78 Å². The number of unbranched alkanes of at least 4 members (excludes halogenated alkanes) is 11. The monoisotopic (exact) mass is 562 g/mol. The zero-order chi connectivity index (χ0) is 29.3. The second-order valence-electron chi connectivity index (χ2n) is 14.2. The first-order valence-corrected chi connectivity index (χ1v) is 17.3. The minimum atomic E-state index is -0.0894. The number of allylic oxidation sites excluding steroid dienone is 7. The molecule has 0 radical (unpaired) electrons. The number of esters is 1. The van der Waals surface area contributed by atoms with Crippen LogP contribution in [0.25, 0.3) is 0 Å². The third-order valence-corrected chi connectivity index (χ3v) is 11.4. The molecule has 41 heavy (non-hydrogen) atoms. The van der Waals surface area contributed by atoms with Gasteiger partial charge < -0.3 is 4.74 Å². The van der Waals surface area contributed by atoms with E-state index in [1.807, 2.05) is 6.08 Å². The topological polar surface area (TPSA) is 43.4 Å². The molecule has 4 aliphatic rings. The summed E-state index contributed by atoms with van der Waals surface area (Å²) < 4.78 is 6.21. The molecule has 3 fully saturated rings. The van der Waals surface area contributed by atoms with E-state index in [-0.39, 0.29) is 28.7 Å². The van der Waals surface area contributed by atoms with Crippen LogP contribution in [-0.4, -0.2) is 17.9 Å². The van der Waals surface area contributed by atoms with E-state index < -0.39 is 0 Å². The molecule has 0 aliphatic heterocycles. The van der Waals surface area contributed by atoms with Crippen LogP contribution in [0.15, 0.2) is 48.1 Å². The van der Waals surface area contributed by atoms with Crippen molar-refractivity contribution in [1.29, 1.82) is 0 Å². The molecule has 3 saturated carbocycles. The number of fused-ring (bicyclic) bond motifs is 5. The Hall–Kier alpha value is -1.90. The summed E-state index contributed by atoms with van der Waals surface area (Å²) in [6.07, 6.45) is 32.9. The minimum absolute atomic E-state index is 0.00980. The Bertz CT molecular complexity index is 1000. The standard InChI is InChI=1S/C38H58O3/c1-5-6-7-8-9-10-11-12-13-14-15-16-17-18-19-20-36(40)41-35-22-21-32-31-27-29(2)34-28-30(39)23-25-37(34,3)33(31)24-26-38(32,35)4/h12-13,23,25,28,31-33,35H,2,5-11,14-22,24,26-27H2,1,3-4H3/b13-12-/t31-,32-,33-,35-,37+,38-/m0/s1. The SMILES string of the molecule is C=C1C[C@H]2[C@@H]3CC[C@H](OC(=O)CCCCCCC/C=C\CCCCCCCC)[C@@]3(C)CC[C@@H]2[C@@]2(C)C=CC(=O)C=C12.